The zero-order valence-electron chi connectivity index (χ0n) is 5.48. The van der Waals surface area contributed by atoms with Crippen molar-refractivity contribution in [1.29, 1.82) is 0 Å². The summed E-state index contributed by atoms with van der Waals surface area (Å²) in [4.78, 5) is 0. The number of halogens is 4. The van der Waals surface area contributed by atoms with Gasteiger partial charge in [0.1, 0.15) is 0 Å². The van der Waals surface area contributed by atoms with Gasteiger partial charge in [-0.25, -0.2) is 0 Å². The van der Waals surface area contributed by atoms with Crippen LogP contribution in [0.1, 0.15) is 5.69 Å². The molecule has 0 bridgehead atoms. The second-order valence-corrected chi connectivity index (χ2v) is 2.37. The van der Waals surface area contributed by atoms with E-state index in [0.29, 0.717) is 4.68 Å². The van der Waals surface area contributed by atoms with Crippen LogP contribution in [0.15, 0.2) is 6.20 Å². The standard InChI is InChI=1S/C5H4ClF3N2/c1-11-4(5(7,8)9)3(6)2-10-11/h2H,1H3. The number of nitrogens with zero attached hydrogens (tertiary/aromatic N) is 2. The molecule has 0 saturated carbocycles. The number of aromatic nitrogens is 2. The third-order valence-corrected chi connectivity index (χ3v) is 1.44. The van der Waals surface area contributed by atoms with Crippen molar-refractivity contribution < 1.29 is 13.2 Å². The SMILES string of the molecule is Cn1ncc(Cl)c1C(F)(F)F. The third kappa shape index (κ3) is 1.48. The molecule has 0 unspecified atom stereocenters. The van der Waals surface area contributed by atoms with Gasteiger partial charge < -0.3 is 0 Å². The maximum atomic E-state index is 12.0. The molecule has 1 aromatic rings. The molecule has 0 atom stereocenters. The molecule has 0 amide bonds. The predicted molar refractivity (Wildman–Crippen MR) is 33.2 cm³/mol. The molecule has 0 N–H and O–H groups in total. The van der Waals surface area contributed by atoms with Gasteiger partial charge in [0, 0.05) is 7.05 Å². The molecule has 6 heteroatoms. The van der Waals surface area contributed by atoms with E-state index in [4.69, 9.17) is 11.6 Å². The average Bonchev–Trinajstić information content (AvgIpc) is 2.08. The van der Waals surface area contributed by atoms with Crippen LogP contribution in [0.4, 0.5) is 13.2 Å². The summed E-state index contributed by atoms with van der Waals surface area (Å²) < 4.78 is 36.7. The van der Waals surface area contributed by atoms with Crippen molar-refractivity contribution in [1.82, 2.24) is 9.78 Å². The molecular weight excluding hydrogens is 181 g/mol. The molecule has 0 aliphatic heterocycles. The Hall–Kier alpha value is -0.710. The van der Waals surface area contributed by atoms with Gasteiger partial charge in [0.2, 0.25) is 0 Å². The normalized spacial score (nSPS) is 12.1. The number of alkyl halides is 3. The lowest BCUT2D eigenvalue weighted by Gasteiger charge is -2.05. The highest BCUT2D eigenvalue weighted by Gasteiger charge is 2.36. The van der Waals surface area contributed by atoms with E-state index >= 15 is 0 Å². The predicted octanol–water partition coefficient (Wildman–Crippen LogP) is 2.09. The molecule has 0 saturated heterocycles. The van der Waals surface area contributed by atoms with Crippen molar-refractivity contribution in [2.75, 3.05) is 0 Å². The molecule has 0 aliphatic carbocycles. The summed E-state index contributed by atoms with van der Waals surface area (Å²) in [6.07, 6.45) is -3.47. The van der Waals surface area contributed by atoms with Crippen molar-refractivity contribution >= 4 is 11.6 Å². The zero-order chi connectivity index (χ0) is 8.65. The van der Waals surface area contributed by atoms with Gasteiger partial charge in [0.25, 0.3) is 0 Å². The Kier molecular flexibility index (Phi) is 1.83. The van der Waals surface area contributed by atoms with E-state index < -0.39 is 11.9 Å². The summed E-state index contributed by atoms with van der Waals surface area (Å²) in [5.74, 6) is 0. The minimum atomic E-state index is -4.43. The van der Waals surface area contributed by atoms with Gasteiger partial charge >= 0.3 is 6.18 Å². The molecule has 0 fully saturated rings. The number of hydrogen-bond donors (Lipinski definition) is 0. The van der Waals surface area contributed by atoms with Gasteiger partial charge in [0.15, 0.2) is 5.69 Å². The molecule has 1 aromatic heterocycles. The molecule has 0 aliphatic rings. The Morgan fingerprint density at radius 2 is 2.09 bits per heavy atom. The third-order valence-electron chi connectivity index (χ3n) is 1.16. The summed E-state index contributed by atoms with van der Waals surface area (Å²) >= 11 is 5.23. The van der Waals surface area contributed by atoms with Crippen LogP contribution in [-0.4, -0.2) is 9.78 Å². The lowest BCUT2D eigenvalue weighted by Crippen LogP contribution is -2.12. The fourth-order valence-corrected chi connectivity index (χ4v) is 1.00. The van der Waals surface area contributed by atoms with E-state index in [9.17, 15) is 13.2 Å². The van der Waals surface area contributed by atoms with Crippen LogP contribution < -0.4 is 0 Å². The van der Waals surface area contributed by atoms with E-state index in [1.807, 2.05) is 0 Å². The van der Waals surface area contributed by atoms with E-state index in [0.717, 1.165) is 6.20 Å². The van der Waals surface area contributed by atoms with Gasteiger partial charge in [-0.1, -0.05) is 11.6 Å². The Morgan fingerprint density at radius 3 is 2.27 bits per heavy atom. The molecule has 11 heavy (non-hydrogen) atoms. The van der Waals surface area contributed by atoms with Crippen molar-refractivity contribution in [3.8, 4) is 0 Å². The van der Waals surface area contributed by atoms with Crippen molar-refractivity contribution in [2.45, 2.75) is 6.18 Å². The first kappa shape index (κ1) is 8.39. The van der Waals surface area contributed by atoms with E-state index in [-0.39, 0.29) is 5.02 Å². The van der Waals surface area contributed by atoms with E-state index in [1.54, 1.807) is 0 Å². The minimum absolute atomic E-state index is 0.375. The molecule has 62 valence electrons. The molecule has 0 spiro atoms. The lowest BCUT2D eigenvalue weighted by atomic mass is 10.4. The lowest BCUT2D eigenvalue weighted by molar-refractivity contribution is -0.143. The number of aryl methyl sites for hydroxylation is 1. The van der Waals surface area contributed by atoms with Gasteiger partial charge in [0.05, 0.1) is 11.2 Å². The van der Waals surface area contributed by atoms with Crippen LogP contribution in [0.2, 0.25) is 5.02 Å². The topological polar surface area (TPSA) is 17.8 Å². The van der Waals surface area contributed by atoms with Gasteiger partial charge in [-0.05, 0) is 0 Å². The smallest absolute Gasteiger partial charge is 0.262 e. The largest absolute Gasteiger partial charge is 0.434 e. The second-order valence-electron chi connectivity index (χ2n) is 1.96. The Labute approximate surface area is 65.6 Å². The average molecular weight is 185 g/mol. The summed E-state index contributed by atoms with van der Waals surface area (Å²) in [7, 11) is 1.19. The molecule has 2 nitrogen and oxygen atoms in total. The molecule has 0 radical (unpaired) electrons. The second kappa shape index (κ2) is 2.41. The van der Waals surface area contributed by atoms with Crippen molar-refractivity contribution in [2.24, 2.45) is 7.05 Å². The van der Waals surface area contributed by atoms with Crippen LogP contribution in [0, 0.1) is 0 Å². The van der Waals surface area contributed by atoms with Crippen LogP contribution in [0.5, 0.6) is 0 Å². The maximum absolute atomic E-state index is 12.0. The summed E-state index contributed by atoms with van der Waals surface area (Å²) in [5, 5.41) is 2.97. The van der Waals surface area contributed by atoms with E-state index in [2.05, 4.69) is 5.10 Å². The van der Waals surface area contributed by atoms with Gasteiger partial charge in [-0.2, -0.15) is 18.3 Å². The van der Waals surface area contributed by atoms with Crippen molar-refractivity contribution in [3.63, 3.8) is 0 Å². The quantitative estimate of drug-likeness (QED) is 0.604. The highest BCUT2D eigenvalue weighted by Crippen LogP contribution is 2.33. The first-order valence-electron chi connectivity index (χ1n) is 2.67. The summed E-state index contributed by atoms with van der Waals surface area (Å²) in [6, 6.07) is 0. The molecule has 0 aromatic carbocycles. The van der Waals surface area contributed by atoms with Crippen molar-refractivity contribution in [3.05, 3.63) is 16.9 Å². The highest BCUT2D eigenvalue weighted by molar-refractivity contribution is 6.31. The molecule has 1 heterocycles. The highest BCUT2D eigenvalue weighted by atomic mass is 35.5. The van der Waals surface area contributed by atoms with Crippen LogP contribution in [-0.2, 0) is 13.2 Å². The van der Waals surface area contributed by atoms with Gasteiger partial charge in [-0.3, -0.25) is 4.68 Å². The number of hydrogen-bond acceptors (Lipinski definition) is 1. The molecule has 1 rings (SSSR count). The Bertz CT molecular complexity index is 246. The van der Waals surface area contributed by atoms with Crippen LogP contribution in [0.25, 0.3) is 0 Å². The minimum Gasteiger partial charge on any atom is -0.262 e. The van der Waals surface area contributed by atoms with Gasteiger partial charge in [-0.15, -0.1) is 0 Å². The Morgan fingerprint density at radius 1 is 1.55 bits per heavy atom. The van der Waals surface area contributed by atoms with Crippen LogP contribution >= 0.6 is 11.6 Å². The summed E-state index contributed by atoms with van der Waals surface area (Å²) in [5.41, 5.74) is -0.917. The zero-order valence-corrected chi connectivity index (χ0v) is 6.24. The summed E-state index contributed by atoms with van der Waals surface area (Å²) in [6.45, 7) is 0. The number of rotatable bonds is 0. The fourth-order valence-electron chi connectivity index (χ4n) is 0.730. The molecular formula is C5H4ClF3N2. The van der Waals surface area contributed by atoms with E-state index in [1.165, 1.54) is 7.05 Å². The first-order valence-corrected chi connectivity index (χ1v) is 3.05. The monoisotopic (exact) mass is 184 g/mol. The maximum Gasteiger partial charge on any atom is 0.434 e. The fraction of sp³-hybridized carbons (Fsp3) is 0.400. The first-order chi connectivity index (χ1) is 4.93. The Balaban J connectivity index is 3.21. The van der Waals surface area contributed by atoms with Crippen LogP contribution in [0.3, 0.4) is 0 Å².